The van der Waals surface area contributed by atoms with Crippen LogP contribution in [0.15, 0.2) is 67.3 Å². The van der Waals surface area contributed by atoms with Crippen molar-refractivity contribution in [2.24, 2.45) is 0 Å². The molecular weight excluding hydrogens is 284 g/mol. The van der Waals surface area contributed by atoms with Crippen molar-refractivity contribution in [3.8, 4) is 28.3 Å². The van der Waals surface area contributed by atoms with Gasteiger partial charge in [-0.15, -0.1) is 0 Å². The van der Waals surface area contributed by atoms with Crippen LogP contribution in [0.4, 0.5) is 0 Å². The van der Waals surface area contributed by atoms with Gasteiger partial charge in [0.15, 0.2) is 0 Å². The Morgan fingerprint density at radius 3 is 2.70 bits per heavy atom. The van der Waals surface area contributed by atoms with Crippen LogP contribution < -0.4 is 0 Å². The van der Waals surface area contributed by atoms with Gasteiger partial charge in [-0.1, -0.05) is 18.2 Å². The molecule has 0 aliphatic heterocycles. The van der Waals surface area contributed by atoms with E-state index in [0.29, 0.717) is 5.56 Å². The number of H-pyrrole nitrogens is 1. The summed E-state index contributed by atoms with van der Waals surface area (Å²) in [5, 5.41) is 10.1. The maximum absolute atomic E-state index is 9.06. The Morgan fingerprint density at radius 1 is 0.957 bits per heavy atom. The van der Waals surface area contributed by atoms with Gasteiger partial charge in [-0.25, -0.2) is 4.98 Å². The van der Waals surface area contributed by atoms with Crippen LogP contribution in [0.3, 0.4) is 0 Å². The zero-order chi connectivity index (χ0) is 15.6. The summed E-state index contributed by atoms with van der Waals surface area (Å²) in [7, 11) is 0. The van der Waals surface area contributed by atoms with E-state index in [9.17, 15) is 0 Å². The Labute approximate surface area is 133 Å². The third kappa shape index (κ3) is 2.34. The van der Waals surface area contributed by atoms with Crippen LogP contribution in [0, 0.1) is 11.3 Å². The van der Waals surface area contributed by atoms with E-state index < -0.39 is 0 Å². The van der Waals surface area contributed by atoms with Crippen molar-refractivity contribution in [1.82, 2.24) is 15.0 Å². The van der Waals surface area contributed by atoms with Gasteiger partial charge in [0.25, 0.3) is 0 Å². The Morgan fingerprint density at radius 2 is 1.87 bits per heavy atom. The average Bonchev–Trinajstić information content (AvgIpc) is 3.05. The molecule has 0 saturated heterocycles. The number of nitrogens with one attached hydrogen (secondary N) is 1. The van der Waals surface area contributed by atoms with Gasteiger partial charge in [0.1, 0.15) is 5.65 Å². The number of rotatable bonds is 2. The van der Waals surface area contributed by atoms with Crippen molar-refractivity contribution in [2.75, 3.05) is 0 Å². The smallest absolute Gasteiger partial charge is 0.137 e. The number of hydrogen-bond acceptors (Lipinski definition) is 3. The molecule has 1 aromatic carbocycles. The van der Waals surface area contributed by atoms with Gasteiger partial charge in [-0.2, -0.15) is 5.26 Å². The lowest BCUT2D eigenvalue weighted by Crippen LogP contribution is -1.84. The molecule has 0 radical (unpaired) electrons. The molecule has 4 heteroatoms. The molecule has 0 amide bonds. The topological polar surface area (TPSA) is 65.4 Å². The zero-order valence-corrected chi connectivity index (χ0v) is 12.2. The molecule has 4 aromatic rings. The summed E-state index contributed by atoms with van der Waals surface area (Å²) < 4.78 is 0. The SMILES string of the molecule is N#Cc1cccc(-c2cnc3[nH]cc(-c4cccnc4)c3c2)c1. The molecule has 3 heterocycles. The number of aromatic nitrogens is 3. The summed E-state index contributed by atoms with van der Waals surface area (Å²) in [6.45, 7) is 0. The Balaban J connectivity index is 1.89. The average molecular weight is 296 g/mol. The fourth-order valence-corrected chi connectivity index (χ4v) is 2.69. The fraction of sp³-hybridized carbons (Fsp3) is 0. The minimum Gasteiger partial charge on any atom is -0.346 e. The lowest BCUT2D eigenvalue weighted by atomic mass is 10.0. The van der Waals surface area contributed by atoms with Crippen molar-refractivity contribution < 1.29 is 0 Å². The molecular formula is C19H12N4. The highest BCUT2D eigenvalue weighted by molar-refractivity contribution is 5.95. The number of nitrogens with zero attached hydrogens (tertiary/aromatic N) is 3. The maximum atomic E-state index is 9.06. The lowest BCUT2D eigenvalue weighted by Gasteiger charge is -2.03. The summed E-state index contributed by atoms with van der Waals surface area (Å²) >= 11 is 0. The van der Waals surface area contributed by atoms with Crippen molar-refractivity contribution in [2.45, 2.75) is 0 Å². The van der Waals surface area contributed by atoms with E-state index in [1.165, 1.54) is 0 Å². The second-order valence-corrected chi connectivity index (χ2v) is 5.26. The zero-order valence-electron chi connectivity index (χ0n) is 12.2. The first-order valence-electron chi connectivity index (χ1n) is 7.23. The molecule has 0 fully saturated rings. The van der Waals surface area contributed by atoms with Gasteiger partial charge in [-0.05, 0) is 29.8 Å². The monoisotopic (exact) mass is 296 g/mol. The molecule has 4 nitrogen and oxygen atoms in total. The lowest BCUT2D eigenvalue weighted by molar-refractivity contribution is 1.32. The van der Waals surface area contributed by atoms with Crippen LogP contribution in [-0.2, 0) is 0 Å². The van der Waals surface area contributed by atoms with Crippen LogP contribution >= 0.6 is 0 Å². The van der Waals surface area contributed by atoms with E-state index in [1.54, 1.807) is 12.3 Å². The second-order valence-electron chi connectivity index (χ2n) is 5.26. The predicted octanol–water partition coefficient (Wildman–Crippen LogP) is 4.16. The Bertz CT molecular complexity index is 1030. The first-order chi connectivity index (χ1) is 11.3. The number of fused-ring (bicyclic) bond motifs is 1. The van der Waals surface area contributed by atoms with Crippen molar-refractivity contribution in [3.63, 3.8) is 0 Å². The van der Waals surface area contributed by atoms with Gasteiger partial charge in [0, 0.05) is 46.9 Å². The van der Waals surface area contributed by atoms with Gasteiger partial charge in [0.2, 0.25) is 0 Å². The Hall–Kier alpha value is -3.45. The van der Waals surface area contributed by atoms with E-state index >= 15 is 0 Å². The molecule has 0 spiro atoms. The van der Waals surface area contributed by atoms with Crippen LogP contribution in [0.25, 0.3) is 33.3 Å². The minimum absolute atomic E-state index is 0.643. The highest BCUT2D eigenvalue weighted by atomic mass is 14.8. The van der Waals surface area contributed by atoms with Gasteiger partial charge >= 0.3 is 0 Å². The third-order valence-corrected chi connectivity index (χ3v) is 3.83. The molecule has 0 aliphatic carbocycles. The highest BCUT2D eigenvalue weighted by Crippen LogP contribution is 2.30. The van der Waals surface area contributed by atoms with Crippen molar-refractivity contribution in [1.29, 1.82) is 5.26 Å². The summed E-state index contributed by atoms with van der Waals surface area (Å²) in [5.41, 5.74) is 5.56. The predicted molar refractivity (Wildman–Crippen MR) is 89.5 cm³/mol. The number of aromatic amines is 1. The maximum Gasteiger partial charge on any atom is 0.137 e. The molecule has 0 aliphatic rings. The number of nitriles is 1. The second kappa shape index (κ2) is 5.39. The molecule has 3 aromatic heterocycles. The third-order valence-electron chi connectivity index (χ3n) is 3.83. The highest BCUT2D eigenvalue weighted by Gasteiger charge is 2.09. The number of hydrogen-bond donors (Lipinski definition) is 1. The van der Waals surface area contributed by atoms with E-state index in [0.717, 1.165) is 33.3 Å². The molecule has 108 valence electrons. The molecule has 23 heavy (non-hydrogen) atoms. The number of benzene rings is 1. The molecule has 4 rings (SSSR count). The van der Waals surface area contributed by atoms with E-state index in [-0.39, 0.29) is 0 Å². The van der Waals surface area contributed by atoms with Crippen molar-refractivity contribution >= 4 is 11.0 Å². The largest absolute Gasteiger partial charge is 0.346 e. The minimum atomic E-state index is 0.643. The van der Waals surface area contributed by atoms with Crippen LogP contribution in [0.2, 0.25) is 0 Å². The molecule has 0 saturated carbocycles. The fourth-order valence-electron chi connectivity index (χ4n) is 2.69. The van der Waals surface area contributed by atoms with Crippen LogP contribution in [0.1, 0.15) is 5.56 Å². The number of pyridine rings is 2. The van der Waals surface area contributed by atoms with Crippen LogP contribution in [-0.4, -0.2) is 15.0 Å². The summed E-state index contributed by atoms with van der Waals surface area (Å²) in [4.78, 5) is 11.9. The van der Waals surface area contributed by atoms with E-state index in [2.05, 4.69) is 27.1 Å². The molecule has 0 unspecified atom stereocenters. The summed E-state index contributed by atoms with van der Waals surface area (Å²) in [6, 6.07) is 15.8. The van der Waals surface area contributed by atoms with Crippen molar-refractivity contribution in [3.05, 3.63) is 72.8 Å². The first kappa shape index (κ1) is 13.2. The molecule has 0 bridgehead atoms. The van der Waals surface area contributed by atoms with Gasteiger partial charge < -0.3 is 4.98 Å². The van der Waals surface area contributed by atoms with Crippen LogP contribution in [0.5, 0.6) is 0 Å². The normalized spacial score (nSPS) is 10.6. The quantitative estimate of drug-likeness (QED) is 0.604. The first-order valence-corrected chi connectivity index (χ1v) is 7.23. The standard InChI is InChI=1S/C19H12N4/c20-9-13-3-1-4-14(7-13)16-8-17-18(12-23-19(17)22-11-16)15-5-2-6-21-10-15/h1-8,10-12H,(H,22,23). The van der Waals surface area contributed by atoms with Gasteiger partial charge in [0.05, 0.1) is 11.6 Å². The molecule has 1 N–H and O–H groups in total. The summed E-state index contributed by atoms with van der Waals surface area (Å²) in [6.07, 6.45) is 7.37. The molecule has 0 atom stereocenters. The Kier molecular flexibility index (Phi) is 3.10. The van der Waals surface area contributed by atoms with E-state index in [1.807, 2.05) is 48.9 Å². The van der Waals surface area contributed by atoms with Gasteiger partial charge in [-0.3, -0.25) is 4.98 Å². The van der Waals surface area contributed by atoms with E-state index in [4.69, 9.17) is 5.26 Å². The summed E-state index contributed by atoms with van der Waals surface area (Å²) in [5.74, 6) is 0.